The molecular weight excluding hydrogens is 257 g/mol. The maximum absolute atomic E-state index is 2.93. The van der Waals surface area contributed by atoms with E-state index in [0.717, 1.165) is 6.42 Å². The SMILES string of the molecule is CC(C)C=CC[CH]=[Yb]. The fraction of sp³-hybridized carbons (Fsp3) is 0.571. The Hall–Kier alpha value is 1.13. The van der Waals surface area contributed by atoms with Crippen LogP contribution in [0, 0.1) is 50.0 Å². The Labute approximate surface area is 82.0 Å². The zero-order valence-corrected chi connectivity index (χ0v) is 7.00. The average molecular weight is 269 g/mol. The third-order valence-electron chi connectivity index (χ3n) is 0.720. The first-order chi connectivity index (χ1) is 3.77. The standard InChI is InChI=1S/C7H12.Yb/c1-4-5-6-7(2)3;/h1,5-7H,4H2,2-3H3;. The molecule has 0 heterocycles. The molecule has 0 aliphatic rings. The van der Waals surface area contributed by atoms with Crippen molar-refractivity contribution >= 4 is 0.737 Å². The summed E-state index contributed by atoms with van der Waals surface area (Å²) in [6.45, 7) is 4.35. The molecule has 0 rings (SSSR count). The second-order valence-electron chi connectivity index (χ2n) is 2.02. The second-order valence-corrected chi connectivity index (χ2v) is 2.72. The molecule has 0 amide bonds. The van der Waals surface area contributed by atoms with Gasteiger partial charge in [0.25, 0.3) is 0 Å². The van der Waals surface area contributed by atoms with E-state index in [4.69, 9.17) is 0 Å². The molecule has 0 aliphatic heterocycles. The van der Waals surface area contributed by atoms with Gasteiger partial charge in [-0.25, -0.2) is 0 Å². The Balaban J connectivity index is 3.19. The molecule has 1 heteroatoms. The number of allylic oxidation sites excluding steroid dienone is 2. The van der Waals surface area contributed by atoms with E-state index in [1.165, 1.54) is 0 Å². The summed E-state index contributed by atoms with van der Waals surface area (Å²) in [6, 6.07) is 0. The van der Waals surface area contributed by atoms with Crippen molar-refractivity contribution in [3.8, 4) is 0 Å². The summed E-state index contributed by atoms with van der Waals surface area (Å²) in [5.74, 6) is 0.688. The Morgan fingerprint density at radius 3 is 2.50 bits per heavy atom. The van der Waals surface area contributed by atoms with Gasteiger partial charge in [-0.3, -0.25) is 0 Å². The van der Waals surface area contributed by atoms with Gasteiger partial charge in [-0.1, -0.05) is 0 Å². The first-order valence-corrected chi connectivity index (χ1v) is 3.78. The van der Waals surface area contributed by atoms with Crippen molar-refractivity contribution in [2.24, 2.45) is 5.92 Å². The first kappa shape index (κ1) is 9.13. The molecule has 0 saturated heterocycles. The summed E-state index contributed by atoms with van der Waals surface area (Å²) in [4.78, 5) is 0. The predicted molar refractivity (Wildman–Crippen MR) is 34.7 cm³/mol. The van der Waals surface area contributed by atoms with Crippen molar-refractivity contribution in [3.05, 3.63) is 12.2 Å². The fourth-order valence-corrected chi connectivity index (χ4v) is 0.620. The quantitative estimate of drug-likeness (QED) is 0.687. The van der Waals surface area contributed by atoms with Crippen molar-refractivity contribution in [1.82, 2.24) is 0 Å². The van der Waals surface area contributed by atoms with Crippen molar-refractivity contribution in [1.29, 1.82) is 0 Å². The molecule has 0 N–H and O–H groups in total. The van der Waals surface area contributed by atoms with Crippen LogP contribution in [0.25, 0.3) is 0 Å². The van der Waals surface area contributed by atoms with Crippen LogP contribution in [0.2, 0.25) is 0 Å². The van der Waals surface area contributed by atoms with Gasteiger partial charge in [-0.2, -0.15) is 0 Å². The number of rotatable bonds is 3. The van der Waals surface area contributed by atoms with E-state index in [1.807, 2.05) is 0.737 Å². The van der Waals surface area contributed by atoms with Gasteiger partial charge in [0.2, 0.25) is 0 Å². The van der Waals surface area contributed by atoms with Gasteiger partial charge in [0, 0.05) is 0 Å². The van der Waals surface area contributed by atoms with Gasteiger partial charge in [0.05, 0.1) is 0 Å². The minimum atomic E-state index is 0.688. The van der Waals surface area contributed by atoms with Gasteiger partial charge in [-0.15, -0.1) is 0 Å². The van der Waals surface area contributed by atoms with Crippen LogP contribution < -0.4 is 0 Å². The van der Waals surface area contributed by atoms with Crippen LogP contribution in [0.15, 0.2) is 12.2 Å². The van der Waals surface area contributed by atoms with E-state index in [1.54, 1.807) is 0 Å². The van der Waals surface area contributed by atoms with E-state index < -0.39 is 0 Å². The molecule has 0 spiro atoms. The number of hydrogen-bond acceptors (Lipinski definition) is 0. The zero-order chi connectivity index (χ0) is 6.41. The Morgan fingerprint density at radius 1 is 1.50 bits per heavy atom. The normalized spacial score (nSPS) is 11.1. The number of hydrogen-bond donors (Lipinski definition) is 0. The molecule has 0 radical (unpaired) electrons. The molecule has 54 valence electrons. The summed E-state index contributed by atoms with van der Waals surface area (Å²) in [5.41, 5.74) is 0. The summed E-state index contributed by atoms with van der Waals surface area (Å²) in [7, 11) is 0. The molecule has 0 fully saturated rings. The first-order valence-electron chi connectivity index (χ1n) is 2.79. The molecular formula is C7H12Yb. The maximum atomic E-state index is 2.93. The molecule has 0 aliphatic carbocycles. The molecule has 0 unspecified atom stereocenters. The fourth-order valence-electron chi connectivity index (χ4n) is 0.387. The molecule has 0 aromatic heterocycles. The molecule has 0 atom stereocenters. The van der Waals surface area contributed by atoms with Gasteiger partial charge in [0.1, 0.15) is 0 Å². The van der Waals surface area contributed by atoms with E-state index in [9.17, 15) is 0 Å². The van der Waals surface area contributed by atoms with Gasteiger partial charge in [-0.05, 0) is 0 Å². The van der Waals surface area contributed by atoms with E-state index >= 15 is 0 Å². The van der Waals surface area contributed by atoms with E-state index in [2.05, 4.69) is 70.1 Å². The summed E-state index contributed by atoms with van der Waals surface area (Å²) in [6.07, 6.45) is 5.41. The Kier molecular flexibility index (Phi) is 7.14. The van der Waals surface area contributed by atoms with Crippen molar-refractivity contribution in [2.75, 3.05) is 0 Å². The van der Waals surface area contributed by atoms with Crippen LogP contribution in [-0.2, 0) is 0 Å². The van der Waals surface area contributed by atoms with Crippen LogP contribution >= 0.6 is 0 Å². The molecule has 0 nitrogen and oxygen atoms in total. The van der Waals surface area contributed by atoms with Crippen LogP contribution in [0.4, 0.5) is 0 Å². The van der Waals surface area contributed by atoms with Gasteiger partial charge in [0.15, 0.2) is 0 Å². The third kappa shape index (κ3) is 7.13. The molecule has 0 bridgehead atoms. The monoisotopic (exact) mass is 270 g/mol. The van der Waals surface area contributed by atoms with Crippen molar-refractivity contribution < 1.29 is 44.1 Å². The summed E-state index contributed by atoms with van der Waals surface area (Å²) in [5, 5.41) is 0. The van der Waals surface area contributed by atoms with E-state index in [0.29, 0.717) is 5.92 Å². The van der Waals surface area contributed by atoms with Crippen LogP contribution in [-0.4, -0.2) is 0.737 Å². The van der Waals surface area contributed by atoms with E-state index in [-0.39, 0.29) is 0 Å². The van der Waals surface area contributed by atoms with Crippen molar-refractivity contribution in [2.45, 2.75) is 20.3 Å². The van der Waals surface area contributed by atoms with Crippen molar-refractivity contribution in [3.63, 3.8) is 0 Å². The molecule has 8 heavy (non-hydrogen) atoms. The Morgan fingerprint density at radius 2 is 2.12 bits per heavy atom. The summed E-state index contributed by atoms with van der Waals surface area (Å²) >= 11 is 2.93. The third-order valence-corrected chi connectivity index (χ3v) is 1.12. The van der Waals surface area contributed by atoms with Gasteiger partial charge >= 0.3 is 83.2 Å². The predicted octanol–water partition coefficient (Wildman–Crippen LogP) is 1.94. The minimum absolute atomic E-state index is 0.688. The Bertz CT molecular complexity index is 82.4. The molecule has 0 aromatic carbocycles. The van der Waals surface area contributed by atoms with Gasteiger partial charge < -0.3 is 0 Å². The zero-order valence-electron chi connectivity index (χ0n) is 5.28. The molecule has 0 aromatic rings. The summed E-state index contributed by atoms with van der Waals surface area (Å²) < 4.78 is 2.01. The van der Waals surface area contributed by atoms with Crippen LogP contribution in [0.3, 0.4) is 0 Å². The molecule has 0 saturated carbocycles. The topological polar surface area (TPSA) is 0 Å². The average Bonchev–Trinajstić information content (AvgIpc) is 1.66. The van der Waals surface area contributed by atoms with Crippen LogP contribution in [0.1, 0.15) is 20.3 Å². The van der Waals surface area contributed by atoms with Crippen LogP contribution in [0.5, 0.6) is 0 Å². The second kappa shape index (κ2) is 6.25.